The Balaban J connectivity index is 1.46. The normalized spacial score (nSPS) is 25.7. The molecule has 0 unspecified atom stereocenters. The third-order valence-electron chi connectivity index (χ3n) is 7.34. The van der Waals surface area contributed by atoms with Crippen molar-refractivity contribution in [3.05, 3.63) is 53.3 Å². The fourth-order valence-corrected chi connectivity index (χ4v) is 5.21. The van der Waals surface area contributed by atoms with E-state index in [1.807, 2.05) is 6.07 Å². The van der Waals surface area contributed by atoms with E-state index in [2.05, 4.69) is 20.8 Å². The molecule has 0 spiro atoms. The second-order valence-corrected chi connectivity index (χ2v) is 9.97. The van der Waals surface area contributed by atoms with Crippen LogP contribution in [0.15, 0.2) is 28.9 Å². The number of piperidine rings is 1. The Morgan fingerprint density at radius 1 is 1.18 bits per heavy atom. The number of aliphatic hydroxyl groups excluding tert-OH is 2. The van der Waals surface area contributed by atoms with Crippen LogP contribution in [0.5, 0.6) is 0 Å². The lowest BCUT2D eigenvalue weighted by molar-refractivity contribution is -0.218. The molecule has 216 valence electrons. The van der Waals surface area contributed by atoms with Crippen molar-refractivity contribution in [1.29, 1.82) is 0 Å². The quantitative estimate of drug-likeness (QED) is 0.274. The zero-order valence-corrected chi connectivity index (χ0v) is 21.7. The zero-order valence-electron chi connectivity index (χ0n) is 21.7. The Bertz CT molecular complexity index is 1310. The van der Waals surface area contributed by atoms with Crippen LogP contribution in [0.3, 0.4) is 0 Å². The van der Waals surface area contributed by atoms with Crippen molar-refractivity contribution < 1.29 is 42.2 Å². The Labute approximate surface area is 227 Å². The van der Waals surface area contributed by atoms with Crippen molar-refractivity contribution in [1.82, 2.24) is 25.5 Å². The molecule has 0 aliphatic carbocycles. The van der Waals surface area contributed by atoms with Crippen molar-refractivity contribution in [2.75, 3.05) is 19.7 Å². The summed E-state index contributed by atoms with van der Waals surface area (Å²) in [5, 5.41) is 36.5. The molecule has 2 fully saturated rings. The van der Waals surface area contributed by atoms with E-state index in [1.165, 1.54) is 10.9 Å². The van der Waals surface area contributed by atoms with Crippen molar-refractivity contribution >= 4 is 5.97 Å². The zero-order chi connectivity index (χ0) is 28.4. The van der Waals surface area contributed by atoms with Gasteiger partial charge in [0.05, 0.1) is 18.5 Å². The molecular weight excluding hydrogens is 535 g/mol. The minimum Gasteiger partial charge on any atom is -0.457 e. The van der Waals surface area contributed by atoms with Gasteiger partial charge in [-0.3, -0.25) is 4.79 Å². The molecule has 5 rings (SSSR count). The number of rotatable bonds is 8. The monoisotopic (exact) mass is 565 g/mol. The molecule has 4 heterocycles. The summed E-state index contributed by atoms with van der Waals surface area (Å²) in [6.07, 6.45) is -1.21. The van der Waals surface area contributed by atoms with Gasteiger partial charge in [-0.25, -0.2) is 17.9 Å². The largest absolute Gasteiger partial charge is 0.457 e. The van der Waals surface area contributed by atoms with Gasteiger partial charge < -0.3 is 29.5 Å². The van der Waals surface area contributed by atoms with E-state index in [1.54, 1.807) is 6.92 Å². The van der Waals surface area contributed by atoms with Crippen molar-refractivity contribution in [2.24, 2.45) is 0 Å². The predicted octanol–water partition coefficient (Wildman–Crippen LogP) is 2.04. The summed E-state index contributed by atoms with van der Waals surface area (Å²) in [5.74, 6) is -4.03. The standard InChI is InChI=1S/C26H30F3N5O6/c1-2-22(36)39-26-20(10-15-9-19(40-32-15)13-3-5-30-6-4-13)38-21(12-35)25(37)24(26)34-11-18(31-33-34)14-7-16(27)23(29)17(28)8-14/h7-9,11,13,20-21,24-26,30,35,37H,2-6,10,12H2,1H3/t20-,21-,24+,25+,26+/m1/s1. The second kappa shape index (κ2) is 12.0. The van der Waals surface area contributed by atoms with Crippen LogP contribution in [0.25, 0.3) is 11.3 Å². The van der Waals surface area contributed by atoms with Gasteiger partial charge in [0.15, 0.2) is 23.6 Å². The van der Waals surface area contributed by atoms with Crippen LogP contribution in [0.4, 0.5) is 13.2 Å². The summed E-state index contributed by atoms with van der Waals surface area (Å²) in [6.45, 7) is 2.79. The first kappa shape index (κ1) is 28.2. The van der Waals surface area contributed by atoms with E-state index in [9.17, 15) is 28.2 Å². The first-order valence-corrected chi connectivity index (χ1v) is 13.2. The second-order valence-electron chi connectivity index (χ2n) is 9.97. The van der Waals surface area contributed by atoms with Gasteiger partial charge in [0.25, 0.3) is 0 Å². The average molecular weight is 566 g/mol. The first-order valence-electron chi connectivity index (χ1n) is 13.2. The Morgan fingerprint density at radius 2 is 1.90 bits per heavy atom. The SMILES string of the molecule is CCC(=O)O[C@@H]1[C@@H](n2cc(-c3cc(F)c(F)c(F)c3)nn2)[C@@H](O)[C@@H](CO)O[C@@H]1Cc1cc(C2CCNCC2)on1. The van der Waals surface area contributed by atoms with Gasteiger partial charge >= 0.3 is 5.97 Å². The van der Waals surface area contributed by atoms with E-state index in [0.717, 1.165) is 43.8 Å². The van der Waals surface area contributed by atoms with Gasteiger partial charge in [0.1, 0.15) is 35.8 Å². The average Bonchev–Trinajstić information content (AvgIpc) is 3.63. The number of halogens is 3. The molecule has 3 aromatic rings. The minimum absolute atomic E-state index is 0.0164. The van der Waals surface area contributed by atoms with E-state index in [-0.39, 0.29) is 30.0 Å². The number of carbonyl (C=O) groups excluding carboxylic acids is 1. The number of hydrogen-bond donors (Lipinski definition) is 3. The number of benzene rings is 1. The van der Waals surface area contributed by atoms with E-state index >= 15 is 0 Å². The van der Waals surface area contributed by atoms with Crippen LogP contribution in [0.2, 0.25) is 0 Å². The topological polar surface area (TPSA) is 145 Å². The van der Waals surface area contributed by atoms with E-state index in [4.69, 9.17) is 14.0 Å². The molecule has 0 bridgehead atoms. The number of aromatic nitrogens is 4. The smallest absolute Gasteiger partial charge is 0.305 e. The third kappa shape index (κ3) is 5.75. The van der Waals surface area contributed by atoms with Crippen LogP contribution in [0, 0.1) is 17.5 Å². The number of ether oxygens (including phenoxy) is 2. The summed E-state index contributed by atoms with van der Waals surface area (Å²) < 4.78 is 59.6. The molecule has 2 aliphatic heterocycles. The van der Waals surface area contributed by atoms with Gasteiger partial charge in [-0.1, -0.05) is 17.3 Å². The minimum atomic E-state index is -1.62. The summed E-state index contributed by atoms with van der Waals surface area (Å²) in [6, 6.07) is 2.27. The van der Waals surface area contributed by atoms with Crippen LogP contribution in [-0.4, -0.2) is 80.4 Å². The highest BCUT2D eigenvalue weighted by molar-refractivity contribution is 5.69. The van der Waals surface area contributed by atoms with Gasteiger partial charge in [-0.15, -0.1) is 5.10 Å². The maximum absolute atomic E-state index is 13.8. The fourth-order valence-electron chi connectivity index (χ4n) is 5.21. The highest BCUT2D eigenvalue weighted by Crippen LogP contribution is 2.35. The number of aliphatic hydroxyl groups is 2. The molecule has 1 aromatic carbocycles. The lowest BCUT2D eigenvalue weighted by Gasteiger charge is -2.43. The fraction of sp³-hybridized carbons (Fsp3) is 0.538. The van der Waals surface area contributed by atoms with Crippen LogP contribution in [-0.2, 0) is 20.7 Å². The predicted molar refractivity (Wildman–Crippen MR) is 131 cm³/mol. The van der Waals surface area contributed by atoms with E-state index < -0.39 is 60.5 Å². The summed E-state index contributed by atoms with van der Waals surface area (Å²) >= 11 is 0. The Kier molecular flexibility index (Phi) is 8.49. The van der Waals surface area contributed by atoms with Crippen LogP contribution < -0.4 is 5.32 Å². The lowest BCUT2D eigenvalue weighted by Crippen LogP contribution is -2.57. The van der Waals surface area contributed by atoms with E-state index in [0.29, 0.717) is 5.69 Å². The maximum atomic E-state index is 13.8. The summed E-state index contributed by atoms with van der Waals surface area (Å²) in [4.78, 5) is 12.4. The third-order valence-corrected chi connectivity index (χ3v) is 7.34. The number of carbonyl (C=O) groups is 1. The summed E-state index contributed by atoms with van der Waals surface area (Å²) in [7, 11) is 0. The Morgan fingerprint density at radius 3 is 2.58 bits per heavy atom. The molecule has 0 amide bonds. The van der Waals surface area contributed by atoms with Crippen molar-refractivity contribution in [3.63, 3.8) is 0 Å². The molecule has 40 heavy (non-hydrogen) atoms. The van der Waals surface area contributed by atoms with Gasteiger partial charge in [0, 0.05) is 30.4 Å². The van der Waals surface area contributed by atoms with Gasteiger partial charge in [0.2, 0.25) is 0 Å². The Hall–Kier alpha value is -3.33. The lowest BCUT2D eigenvalue weighted by atomic mass is 9.89. The number of nitrogens with zero attached hydrogens (tertiary/aromatic N) is 4. The van der Waals surface area contributed by atoms with Crippen LogP contribution >= 0.6 is 0 Å². The number of esters is 1. The van der Waals surface area contributed by atoms with Gasteiger partial charge in [-0.2, -0.15) is 0 Å². The highest BCUT2D eigenvalue weighted by Gasteiger charge is 2.49. The first-order chi connectivity index (χ1) is 19.3. The molecule has 0 saturated carbocycles. The molecule has 0 radical (unpaired) electrons. The number of nitrogens with one attached hydrogen (secondary N) is 1. The molecule has 11 nitrogen and oxygen atoms in total. The molecule has 2 aliphatic rings. The molecule has 2 saturated heterocycles. The molecule has 14 heteroatoms. The number of hydrogen-bond acceptors (Lipinski definition) is 10. The summed E-state index contributed by atoms with van der Waals surface area (Å²) in [5.41, 5.74) is 0.436. The van der Waals surface area contributed by atoms with Crippen molar-refractivity contribution in [3.8, 4) is 11.3 Å². The highest BCUT2D eigenvalue weighted by atomic mass is 19.2. The maximum Gasteiger partial charge on any atom is 0.305 e. The van der Waals surface area contributed by atoms with Gasteiger partial charge in [-0.05, 0) is 38.1 Å². The van der Waals surface area contributed by atoms with Crippen LogP contribution in [0.1, 0.15) is 49.6 Å². The molecular formula is C26H30F3N5O6. The molecule has 2 aromatic heterocycles. The molecule has 5 atom stereocenters. The molecule has 3 N–H and O–H groups in total. The van der Waals surface area contributed by atoms with Crippen molar-refractivity contribution in [2.45, 2.75) is 69.0 Å².